The van der Waals surface area contributed by atoms with Crippen molar-refractivity contribution in [2.45, 2.75) is 6.42 Å². The van der Waals surface area contributed by atoms with Gasteiger partial charge in [-0.25, -0.2) is 0 Å². The number of nitrogens with one attached hydrogen (secondary N) is 2. The quantitative estimate of drug-likeness (QED) is 0.625. The van der Waals surface area contributed by atoms with E-state index in [1.165, 1.54) is 6.20 Å². The van der Waals surface area contributed by atoms with Gasteiger partial charge in [-0.1, -0.05) is 36.4 Å². The molecule has 0 unspecified atom stereocenters. The SMILES string of the molecule is COc1cccc(N/C=C(/C#N)C(=O)NC(=O)Cc2ccccc2)c1. The lowest BCUT2D eigenvalue weighted by Gasteiger charge is -2.06. The predicted octanol–water partition coefficient (Wildman–Crippen LogP) is 2.40. The first kappa shape index (κ1) is 17.8. The van der Waals surface area contributed by atoms with E-state index in [1.807, 2.05) is 18.2 Å². The molecule has 0 radical (unpaired) electrons. The topological polar surface area (TPSA) is 91.2 Å². The van der Waals surface area contributed by atoms with E-state index in [1.54, 1.807) is 49.6 Å². The lowest BCUT2D eigenvalue weighted by atomic mass is 10.1. The van der Waals surface area contributed by atoms with Crippen LogP contribution in [0.25, 0.3) is 0 Å². The van der Waals surface area contributed by atoms with Crippen molar-refractivity contribution in [1.29, 1.82) is 5.26 Å². The van der Waals surface area contributed by atoms with Crippen LogP contribution in [0.4, 0.5) is 5.69 Å². The second kappa shape index (κ2) is 8.89. The molecule has 2 amide bonds. The van der Waals surface area contributed by atoms with E-state index in [0.717, 1.165) is 5.56 Å². The average Bonchev–Trinajstić information content (AvgIpc) is 2.63. The molecule has 0 saturated heterocycles. The van der Waals surface area contributed by atoms with E-state index in [0.29, 0.717) is 11.4 Å². The lowest BCUT2D eigenvalue weighted by Crippen LogP contribution is -2.32. The van der Waals surface area contributed by atoms with Gasteiger partial charge in [0.2, 0.25) is 5.91 Å². The third kappa shape index (κ3) is 5.52. The van der Waals surface area contributed by atoms with Crippen LogP contribution in [0, 0.1) is 11.3 Å². The zero-order valence-corrected chi connectivity index (χ0v) is 13.7. The molecule has 126 valence electrons. The van der Waals surface area contributed by atoms with Crippen molar-refractivity contribution < 1.29 is 14.3 Å². The maximum Gasteiger partial charge on any atom is 0.270 e. The third-order valence-electron chi connectivity index (χ3n) is 3.28. The van der Waals surface area contributed by atoms with Crippen LogP contribution in [0.2, 0.25) is 0 Å². The Morgan fingerprint density at radius 1 is 1.16 bits per heavy atom. The minimum atomic E-state index is -0.751. The van der Waals surface area contributed by atoms with E-state index in [2.05, 4.69) is 10.6 Å². The highest BCUT2D eigenvalue weighted by Gasteiger charge is 2.13. The standard InChI is InChI=1S/C19H17N3O3/c1-25-17-9-5-8-16(11-17)21-13-15(12-20)19(24)22-18(23)10-14-6-3-2-4-7-14/h2-9,11,13,21H,10H2,1H3,(H,22,23,24)/b15-13-. The molecule has 0 aliphatic carbocycles. The summed E-state index contributed by atoms with van der Waals surface area (Å²) >= 11 is 0. The van der Waals surface area contributed by atoms with Gasteiger partial charge in [-0.15, -0.1) is 0 Å². The third-order valence-corrected chi connectivity index (χ3v) is 3.28. The maximum atomic E-state index is 12.0. The summed E-state index contributed by atoms with van der Waals surface area (Å²) in [5.41, 5.74) is 1.23. The molecule has 6 nitrogen and oxygen atoms in total. The van der Waals surface area contributed by atoms with E-state index in [-0.39, 0.29) is 12.0 Å². The fourth-order valence-electron chi connectivity index (χ4n) is 2.04. The van der Waals surface area contributed by atoms with Gasteiger partial charge in [-0.3, -0.25) is 14.9 Å². The minimum absolute atomic E-state index is 0.0641. The van der Waals surface area contributed by atoms with Crippen LogP contribution < -0.4 is 15.4 Å². The molecule has 0 aliphatic rings. The van der Waals surface area contributed by atoms with Crippen LogP contribution in [-0.2, 0) is 16.0 Å². The highest BCUT2D eigenvalue weighted by Crippen LogP contribution is 2.16. The molecule has 25 heavy (non-hydrogen) atoms. The summed E-state index contributed by atoms with van der Waals surface area (Å²) in [5.74, 6) is -0.586. The number of hydrogen-bond donors (Lipinski definition) is 2. The van der Waals surface area contributed by atoms with Crippen LogP contribution in [-0.4, -0.2) is 18.9 Å². The number of carbonyl (C=O) groups is 2. The van der Waals surface area contributed by atoms with Crippen LogP contribution in [0.1, 0.15) is 5.56 Å². The molecule has 0 bridgehead atoms. The minimum Gasteiger partial charge on any atom is -0.497 e. The lowest BCUT2D eigenvalue weighted by molar-refractivity contribution is -0.127. The molecule has 2 rings (SSSR count). The number of methoxy groups -OCH3 is 1. The molecule has 0 heterocycles. The molecule has 2 N–H and O–H groups in total. The molecule has 0 spiro atoms. The molecule has 0 fully saturated rings. The normalized spacial score (nSPS) is 10.5. The van der Waals surface area contributed by atoms with Crippen LogP contribution in [0.3, 0.4) is 0 Å². The van der Waals surface area contributed by atoms with E-state index >= 15 is 0 Å². The number of nitriles is 1. The van der Waals surface area contributed by atoms with Gasteiger partial charge in [0, 0.05) is 18.0 Å². The van der Waals surface area contributed by atoms with Crippen molar-refractivity contribution in [3.8, 4) is 11.8 Å². The molecule has 2 aromatic carbocycles. The summed E-state index contributed by atoms with van der Waals surface area (Å²) in [4.78, 5) is 23.9. The summed E-state index contributed by atoms with van der Waals surface area (Å²) < 4.78 is 5.10. The number of benzene rings is 2. The number of rotatable bonds is 6. The first-order valence-electron chi connectivity index (χ1n) is 7.51. The van der Waals surface area contributed by atoms with Crippen molar-refractivity contribution in [3.05, 3.63) is 71.9 Å². The van der Waals surface area contributed by atoms with Crippen LogP contribution in [0.15, 0.2) is 66.4 Å². The van der Waals surface area contributed by atoms with Gasteiger partial charge in [0.15, 0.2) is 0 Å². The Hall–Kier alpha value is -3.59. The maximum absolute atomic E-state index is 12.0. The van der Waals surface area contributed by atoms with Crippen molar-refractivity contribution >= 4 is 17.5 Å². The molecule has 0 aliphatic heterocycles. The predicted molar refractivity (Wildman–Crippen MR) is 93.6 cm³/mol. The average molecular weight is 335 g/mol. The van der Waals surface area contributed by atoms with E-state index in [9.17, 15) is 9.59 Å². The Morgan fingerprint density at radius 2 is 1.92 bits per heavy atom. The Labute approximate surface area is 145 Å². The zero-order valence-electron chi connectivity index (χ0n) is 13.7. The fraction of sp³-hybridized carbons (Fsp3) is 0.105. The summed E-state index contributed by atoms with van der Waals surface area (Å²) in [7, 11) is 1.54. The summed E-state index contributed by atoms with van der Waals surface area (Å²) in [6.07, 6.45) is 1.31. The van der Waals surface area contributed by atoms with Gasteiger partial charge in [0.05, 0.1) is 13.5 Å². The molecule has 6 heteroatoms. The number of carbonyl (C=O) groups excluding carboxylic acids is 2. The Balaban J connectivity index is 1.97. The van der Waals surface area contributed by atoms with Crippen molar-refractivity contribution in [2.24, 2.45) is 0 Å². The zero-order chi connectivity index (χ0) is 18.1. The fourth-order valence-corrected chi connectivity index (χ4v) is 2.04. The van der Waals surface area contributed by atoms with Crippen molar-refractivity contribution in [1.82, 2.24) is 5.32 Å². The van der Waals surface area contributed by atoms with Crippen molar-refractivity contribution in [2.75, 3.05) is 12.4 Å². The number of hydrogen-bond acceptors (Lipinski definition) is 5. The smallest absolute Gasteiger partial charge is 0.270 e. The summed E-state index contributed by atoms with van der Waals surface area (Å²) in [6, 6.07) is 17.8. The molecule has 0 atom stereocenters. The van der Waals surface area contributed by atoms with Gasteiger partial charge in [-0.2, -0.15) is 5.26 Å². The molecular weight excluding hydrogens is 318 g/mol. The number of anilines is 1. The number of ether oxygens (including phenoxy) is 1. The molecular formula is C19H17N3O3. The Morgan fingerprint density at radius 3 is 2.60 bits per heavy atom. The highest BCUT2D eigenvalue weighted by molar-refractivity contribution is 6.07. The first-order valence-corrected chi connectivity index (χ1v) is 7.51. The van der Waals surface area contributed by atoms with E-state index in [4.69, 9.17) is 10.00 Å². The monoisotopic (exact) mass is 335 g/mol. The van der Waals surface area contributed by atoms with Gasteiger partial charge < -0.3 is 10.1 Å². The van der Waals surface area contributed by atoms with Crippen LogP contribution >= 0.6 is 0 Å². The second-order valence-electron chi connectivity index (χ2n) is 5.09. The highest BCUT2D eigenvalue weighted by atomic mass is 16.5. The number of imide groups is 1. The molecule has 0 saturated carbocycles. The number of nitrogens with zero attached hydrogens (tertiary/aromatic N) is 1. The summed E-state index contributed by atoms with van der Waals surface area (Å²) in [5, 5.41) is 14.2. The Kier molecular flexibility index (Phi) is 6.32. The van der Waals surface area contributed by atoms with Crippen molar-refractivity contribution in [3.63, 3.8) is 0 Å². The van der Waals surface area contributed by atoms with E-state index < -0.39 is 11.8 Å². The van der Waals surface area contributed by atoms with Gasteiger partial charge in [0.1, 0.15) is 17.4 Å². The van der Waals surface area contributed by atoms with Gasteiger partial charge in [-0.05, 0) is 17.7 Å². The van der Waals surface area contributed by atoms with Gasteiger partial charge in [0.25, 0.3) is 5.91 Å². The first-order chi connectivity index (χ1) is 12.1. The molecule has 0 aromatic heterocycles. The Bertz CT molecular complexity index is 823. The van der Waals surface area contributed by atoms with Gasteiger partial charge >= 0.3 is 0 Å². The summed E-state index contributed by atoms with van der Waals surface area (Å²) in [6.45, 7) is 0. The van der Waals surface area contributed by atoms with Crippen LogP contribution in [0.5, 0.6) is 5.75 Å². The molecule has 2 aromatic rings. The number of amides is 2. The second-order valence-corrected chi connectivity index (χ2v) is 5.09. The largest absolute Gasteiger partial charge is 0.497 e.